The van der Waals surface area contributed by atoms with Gasteiger partial charge in [0.1, 0.15) is 6.61 Å². The molecule has 1 N–H and O–H groups in total. The zero-order chi connectivity index (χ0) is 11.4. The van der Waals surface area contributed by atoms with Crippen molar-refractivity contribution in [3.63, 3.8) is 0 Å². The molecule has 0 aliphatic heterocycles. The summed E-state index contributed by atoms with van der Waals surface area (Å²) in [7, 11) is 0. The van der Waals surface area contributed by atoms with Crippen molar-refractivity contribution in [3.8, 4) is 11.8 Å². The summed E-state index contributed by atoms with van der Waals surface area (Å²) in [5.41, 5.74) is 0. The summed E-state index contributed by atoms with van der Waals surface area (Å²) in [5, 5.41) is 3.28. The molecule has 0 saturated heterocycles. The molecule has 0 aliphatic rings. The third-order valence-corrected chi connectivity index (χ3v) is 1.65. The van der Waals surface area contributed by atoms with Crippen LogP contribution >= 0.6 is 0 Å². The highest BCUT2D eigenvalue weighted by molar-refractivity contribution is 4.97. The fourth-order valence-corrected chi connectivity index (χ4v) is 0.939. The SMILES string of the molecule is CCC#CCOCCOCCNC(C)C. The third kappa shape index (κ3) is 13.4. The zero-order valence-electron chi connectivity index (χ0n) is 10.1. The van der Waals surface area contributed by atoms with E-state index in [-0.39, 0.29) is 0 Å². The van der Waals surface area contributed by atoms with Gasteiger partial charge in [-0.3, -0.25) is 0 Å². The van der Waals surface area contributed by atoms with Crippen LogP contribution in [0, 0.1) is 11.8 Å². The predicted molar refractivity (Wildman–Crippen MR) is 62.8 cm³/mol. The largest absolute Gasteiger partial charge is 0.378 e. The van der Waals surface area contributed by atoms with E-state index in [9.17, 15) is 0 Å². The van der Waals surface area contributed by atoms with Gasteiger partial charge in [-0.1, -0.05) is 26.7 Å². The highest BCUT2D eigenvalue weighted by Crippen LogP contribution is 1.80. The van der Waals surface area contributed by atoms with Crippen molar-refractivity contribution in [1.82, 2.24) is 5.32 Å². The van der Waals surface area contributed by atoms with Crippen LogP contribution in [0.4, 0.5) is 0 Å². The minimum absolute atomic E-state index is 0.515. The lowest BCUT2D eigenvalue weighted by molar-refractivity contribution is 0.0608. The van der Waals surface area contributed by atoms with Gasteiger partial charge < -0.3 is 14.8 Å². The molecule has 88 valence electrons. The molecule has 0 fully saturated rings. The van der Waals surface area contributed by atoms with Crippen molar-refractivity contribution in [2.75, 3.05) is 33.0 Å². The Hall–Kier alpha value is -0.560. The molecule has 0 heterocycles. The highest BCUT2D eigenvalue weighted by Gasteiger charge is 1.91. The van der Waals surface area contributed by atoms with Crippen molar-refractivity contribution < 1.29 is 9.47 Å². The molecule has 15 heavy (non-hydrogen) atoms. The van der Waals surface area contributed by atoms with Gasteiger partial charge in [-0.25, -0.2) is 0 Å². The highest BCUT2D eigenvalue weighted by atomic mass is 16.5. The molecule has 0 aliphatic carbocycles. The van der Waals surface area contributed by atoms with Crippen molar-refractivity contribution >= 4 is 0 Å². The molecule has 0 rings (SSSR count). The minimum Gasteiger partial charge on any atom is -0.378 e. The molecule has 3 nitrogen and oxygen atoms in total. The van der Waals surface area contributed by atoms with Crippen molar-refractivity contribution in [2.24, 2.45) is 0 Å². The molecule has 0 saturated carbocycles. The van der Waals surface area contributed by atoms with Crippen molar-refractivity contribution in [2.45, 2.75) is 33.2 Å². The second-order valence-electron chi connectivity index (χ2n) is 3.48. The van der Waals surface area contributed by atoms with Crippen LogP contribution in [0.1, 0.15) is 27.2 Å². The maximum Gasteiger partial charge on any atom is 0.107 e. The zero-order valence-corrected chi connectivity index (χ0v) is 10.1. The van der Waals surface area contributed by atoms with E-state index in [1.165, 1.54) is 0 Å². The Morgan fingerprint density at radius 3 is 2.47 bits per heavy atom. The molecule has 0 amide bonds. The lowest BCUT2D eigenvalue weighted by Gasteiger charge is -2.08. The number of nitrogens with one attached hydrogen (secondary N) is 1. The summed E-state index contributed by atoms with van der Waals surface area (Å²) in [5.74, 6) is 5.86. The lowest BCUT2D eigenvalue weighted by Crippen LogP contribution is -2.27. The van der Waals surface area contributed by atoms with Gasteiger partial charge in [0.15, 0.2) is 0 Å². The molecule has 3 heteroatoms. The van der Waals surface area contributed by atoms with Crippen LogP contribution < -0.4 is 5.32 Å². The van der Waals surface area contributed by atoms with Gasteiger partial charge in [-0.2, -0.15) is 0 Å². The van der Waals surface area contributed by atoms with Gasteiger partial charge in [0.25, 0.3) is 0 Å². The predicted octanol–water partition coefficient (Wildman–Crippen LogP) is 1.43. The van der Waals surface area contributed by atoms with Crippen molar-refractivity contribution in [1.29, 1.82) is 0 Å². The van der Waals surface area contributed by atoms with Crippen LogP contribution in [0.3, 0.4) is 0 Å². The summed E-state index contributed by atoms with van der Waals surface area (Å²) in [6.07, 6.45) is 0.890. The number of hydrogen-bond acceptors (Lipinski definition) is 3. The Bertz CT molecular complexity index is 182. The monoisotopic (exact) mass is 213 g/mol. The average Bonchev–Trinajstić information content (AvgIpc) is 2.20. The summed E-state index contributed by atoms with van der Waals surface area (Å²) in [6.45, 7) is 9.69. The first-order valence-electron chi connectivity index (χ1n) is 5.62. The smallest absolute Gasteiger partial charge is 0.107 e. The van der Waals surface area contributed by atoms with Gasteiger partial charge in [0, 0.05) is 19.0 Å². The van der Waals surface area contributed by atoms with Crippen LogP contribution in [-0.4, -0.2) is 39.0 Å². The first kappa shape index (κ1) is 14.4. The van der Waals surface area contributed by atoms with Crippen LogP contribution in [0.25, 0.3) is 0 Å². The van der Waals surface area contributed by atoms with E-state index in [1.54, 1.807) is 0 Å². The molecule has 0 aromatic heterocycles. The molecule has 0 unspecified atom stereocenters. The van der Waals surface area contributed by atoms with Gasteiger partial charge >= 0.3 is 0 Å². The molecule has 0 aromatic rings. The van der Waals surface area contributed by atoms with E-state index in [1.807, 2.05) is 6.92 Å². The maximum atomic E-state index is 5.35. The van der Waals surface area contributed by atoms with E-state index in [0.717, 1.165) is 19.6 Å². The molecule has 0 radical (unpaired) electrons. The van der Waals surface area contributed by atoms with Gasteiger partial charge in [0.05, 0.1) is 19.8 Å². The molecular formula is C12H23NO2. The molecule has 0 spiro atoms. The first-order chi connectivity index (χ1) is 7.27. The fraction of sp³-hybridized carbons (Fsp3) is 0.833. The topological polar surface area (TPSA) is 30.5 Å². The fourth-order valence-electron chi connectivity index (χ4n) is 0.939. The molecule has 0 aromatic carbocycles. The maximum absolute atomic E-state index is 5.35. The van der Waals surface area contributed by atoms with E-state index >= 15 is 0 Å². The molecular weight excluding hydrogens is 190 g/mol. The van der Waals surface area contributed by atoms with Crippen LogP contribution in [0.2, 0.25) is 0 Å². The van der Waals surface area contributed by atoms with Crippen LogP contribution in [-0.2, 0) is 9.47 Å². The Balaban J connectivity index is 2.99. The van der Waals surface area contributed by atoms with Crippen molar-refractivity contribution in [3.05, 3.63) is 0 Å². The van der Waals surface area contributed by atoms with Gasteiger partial charge in [-0.15, -0.1) is 5.92 Å². The van der Waals surface area contributed by atoms with E-state index < -0.39 is 0 Å². The quantitative estimate of drug-likeness (QED) is 0.489. The van der Waals surface area contributed by atoms with E-state index in [0.29, 0.717) is 25.9 Å². The third-order valence-electron chi connectivity index (χ3n) is 1.65. The summed E-state index contributed by atoms with van der Waals surface area (Å²) >= 11 is 0. The first-order valence-corrected chi connectivity index (χ1v) is 5.62. The second kappa shape index (κ2) is 11.5. The Kier molecular flexibility index (Phi) is 11.1. The van der Waals surface area contributed by atoms with Crippen LogP contribution in [0.5, 0.6) is 0 Å². The normalized spacial score (nSPS) is 10.1. The minimum atomic E-state index is 0.515. The summed E-state index contributed by atoms with van der Waals surface area (Å²) < 4.78 is 10.6. The number of ether oxygens (including phenoxy) is 2. The summed E-state index contributed by atoms with van der Waals surface area (Å²) in [4.78, 5) is 0. The van der Waals surface area contributed by atoms with Crippen LogP contribution in [0.15, 0.2) is 0 Å². The Morgan fingerprint density at radius 1 is 1.07 bits per heavy atom. The average molecular weight is 213 g/mol. The van der Waals surface area contributed by atoms with Gasteiger partial charge in [0.2, 0.25) is 0 Å². The second-order valence-corrected chi connectivity index (χ2v) is 3.48. The number of rotatable bonds is 8. The van der Waals surface area contributed by atoms with E-state index in [4.69, 9.17) is 9.47 Å². The Morgan fingerprint density at radius 2 is 1.80 bits per heavy atom. The standard InChI is InChI=1S/C12H23NO2/c1-4-5-6-8-14-10-11-15-9-7-13-12(2)3/h12-13H,4,7-11H2,1-3H3. The molecule has 0 bridgehead atoms. The van der Waals surface area contributed by atoms with Gasteiger partial charge in [-0.05, 0) is 0 Å². The lowest BCUT2D eigenvalue weighted by atomic mass is 10.4. The molecule has 0 atom stereocenters. The number of hydrogen-bond donors (Lipinski definition) is 1. The van der Waals surface area contributed by atoms with E-state index in [2.05, 4.69) is 31.0 Å². The summed E-state index contributed by atoms with van der Waals surface area (Å²) in [6, 6.07) is 0.522. The Labute approximate surface area is 93.5 Å².